The maximum Gasteiger partial charge on any atom is 0.573 e. The number of alkyl halides is 6. The van der Waals surface area contributed by atoms with Gasteiger partial charge in [0.1, 0.15) is 11.5 Å². The third-order valence-corrected chi connectivity index (χ3v) is 5.20. The number of ether oxygens (including phenoxy) is 2. The van der Waals surface area contributed by atoms with Crippen molar-refractivity contribution in [1.82, 2.24) is 4.98 Å². The number of rotatable bonds is 4. The highest BCUT2D eigenvalue weighted by Crippen LogP contribution is 2.42. The predicted octanol–water partition coefficient (Wildman–Crippen LogP) is 6.50. The summed E-state index contributed by atoms with van der Waals surface area (Å²) in [7, 11) is 1.29. The molecule has 1 aromatic heterocycles. The molecule has 0 spiro atoms. The molecular weight excluding hydrogens is 464 g/mol. The van der Waals surface area contributed by atoms with Gasteiger partial charge >= 0.3 is 12.5 Å². The Bertz CT molecular complexity index is 1290. The van der Waals surface area contributed by atoms with Gasteiger partial charge in [0.2, 0.25) is 0 Å². The fourth-order valence-corrected chi connectivity index (χ4v) is 3.78. The molecule has 0 saturated heterocycles. The second kappa shape index (κ2) is 8.51. The van der Waals surface area contributed by atoms with E-state index in [-0.39, 0.29) is 34.4 Å². The maximum absolute atomic E-state index is 13.3. The number of Topliss-reactive ketones (excluding diaryl/α,β-unsaturated/α-hetero) is 1. The molecule has 0 N–H and O–H groups in total. The van der Waals surface area contributed by atoms with Crippen LogP contribution in [0.4, 0.5) is 26.3 Å². The van der Waals surface area contributed by atoms with Crippen LogP contribution >= 0.6 is 0 Å². The largest absolute Gasteiger partial charge is 0.573 e. The molecule has 3 aromatic rings. The van der Waals surface area contributed by atoms with Crippen molar-refractivity contribution in [2.45, 2.75) is 19.0 Å². The molecular formula is C24H15F6NO3. The Morgan fingerprint density at radius 3 is 2.32 bits per heavy atom. The first-order valence-electron chi connectivity index (χ1n) is 9.81. The quantitative estimate of drug-likeness (QED) is 0.317. The average Bonchev–Trinajstić information content (AvgIpc) is 3.06. The number of ketones is 1. The number of nitrogens with zero attached hydrogens (tertiary/aromatic N) is 1. The van der Waals surface area contributed by atoms with Crippen molar-refractivity contribution in [1.29, 1.82) is 0 Å². The maximum atomic E-state index is 13.3. The van der Waals surface area contributed by atoms with Crippen molar-refractivity contribution in [3.8, 4) is 22.6 Å². The van der Waals surface area contributed by atoms with Gasteiger partial charge in [0.15, 0.2) is 5.78 Å². The van der Waals surface area contributed by atoms with Crippen molar-refractivity contribution >= 4 is 11.9 Å². The molecule has 0 radical (unpaired) electrons. The van der Waals surface area contributed by atoms with Gasteiger partial charge in [-0.15, -0.1) is 13.2 Å². The summed E-state index contributed by atoms with van der Waals surface area (Å²) in [6, 6.07) is 10.3. The van der Waals surface area contributed by atoms with Gasteiger partial charge in [-0.05, 0) is 42.0 Å². The van der Waals surface area contributed by atoms with Crippen molar-refractivity contribution in [2.75, 3.05) is 7.11 Å². The van der Waals surface area contributed by atoms with Crippen LogP contribution < -0.4 is 9.47 Å². The molecule has 10 heteroatoms. The van der Waals surface area contributed by atoms with Crippen LogP contribution in [0, 0.1) is 0 Å². The van der Waals surface area contributed by atoms with Crippen LogP contribution in [0.25, 0.3) is 17.2 Å². The van der Waals surface area contributed by atoms with Crippen LogP contribution in [-0.4, -0.2) is 24.2 Å². The first-order valence-corrected chi connectivity index (χ1v) is 9.81. The normalized spacial score (nSPS) is 14.9. The number of hydrogen-bond acceptors (Lipinski definition) is 4. The minimum absolute atomic E-state index is 0.0265. The number of aromatic nitrogens is 1. The van der Waals surface area contributed by atoms with Gasteiger partial charge < -0.3 is 9.47 Å². The molecule has 0 amide bonds. The molecule has 1 heterocycles. The number of hydrogen-bond donors (Lipinski definition) is 0. The Kier molecular flexibility index (Phi) is 5.84. The molecule has 0 aliphatic heterocycles. The van der Waals surface area contributed by atoms with E-state index in [1.165, 1.54) is 43.6 Å². The van der Waals surface area contributed by atoms with Gasteiger partial charge in [-0.25, -0.2) is 0 Å². The highest BCUT2D eigenvalue weighted by Gasteiger charge is 2.35. The summed E-state index contributed by atoms with van der Waals surface area (Å²) in [5, 5.41) is 0. The van der Waals surface area contributed by atoms with Gasteiger partial charge in [-0.1, -0.05) is 18.2 Å². The monoisotopic (exact) mass is 479 g/mol. The summed E-state index contributed by atoms with van der Waals surface area (Å²) in [5.74, 6) is -0.865. The summed E-state index contributed by atoms with van der Waals surface area (Å²) < 4.78 is 88.0. The number of methoxy groups -OCH3 is 1. The Hall–Kier alpha value is -3.82. The third kappa shape index (κ3) is 4.61. The lowest BCUT2D eigenvalue weighted by molar-refractivity contribution is -0.274. The van der Waals surface area contributed by atoms with Gasteiger partial charge in [0, 0.05) is 34.9 Å². The number of halogens is 6. The Morgan fingerprint density at radius 1 is 0.912 bits per heavy atom. The molecule has 0 fully saturated rings. The summed E-state index contributed by atoms with van der Waals surface area (Å²) in [4.78, 5) is 16.7. The first kappa shape index (κ1) is 23.3. The standard InChI is InChI=1S/C24H15F6NO3/c1-33-21-12-16-13(10-17(21)15-5-2-3-7-20(15)34-24(28,29)30)9-14(22(16)32)11-19-18(23(25,26)27)6-4-8-31-19/h2-8,10-12H,9H2,1H3. The van der Waals surface area contributed by atoms with E-state index in [9.17, 15) is 31.1 Å². The zero-order valence-corrected chi connectivity index (χ0v) is 17.4. The Balaban J connectivity index is 1.78. The molecule has 0 unspecified atom stereocenters. The van der Waals surface area contributed by atoms with Crippen LogP contribution in [0.3, 0.4) is 0 Å². The van der Waals surface area contributed by atoms with Crippen molar-refractivity contribution in [3.05, 3.63) is 82.7 Å². The lowest BCUT2D eigenvalue weighted by atomic mass is 9.98. The van der Waals surface area contributed by atoms with E-state index in [1.54, 1.807) is 0 Å². The Labute approximate surface area is 189 Å². The van der Waals surface area contributed by atoms with Gasteiger partial charge in [-0.2, -0.15) is 13.2 Å². The van der Waals surface area contributed by atoms with Gasteiger partial charge in [-0.3, -0.25) is 9.78 Å². The molecule has 0 atom stereocenters. The van der Waals surface area contributed by atoms with E-state index in [0.29, 0.717) is 5.56 Å². The lowest BCUT2D eigenvalue weighted by Crippen LogP contribution is -2.17. The molecule has 4 nitrogen and oxygen atoms in total. The van der Waals surface area contributed by atoms with Gasteiger partial charge in [0.05, 0.1) is 18.4 Å². The fourth-order valence-electron chi connectivity index (χ4n) is 3.78. The van der Waals surface area contributed by atoms with Crippen molar-refractivity contribution < 1.29 is 40.6 Å². The van der Waals surface area contributed by atoms with Crippen LogP contribution in [0.1, 0.15) is 27.2 Å². The zero-order valence-electron chi connectivity index (χ0n) is 17.4. The van der Waals surface area contributed by atoms with E-state index in [1.807, 2.05) is 0 Å². The number of pyridine rings is 1. The minimum atomic E-state index is -4.93. The second-order valence-corrected chi connectivity index (χ2v) is 7.36. The zero-order chi connectivity index (χ0) is 24.7. The summed E-state index contributed by atoms with van der Waals surface area (Å²) in [6.45, 7) is 0. The fraction of sp³-hybridized carbons (Fsp3) is 0.167. The van der Waals surface area contributed by atoms with Crippen LogP contribution in [0.2, 0.25) is 0 Å². The van der Waals surface area contributed by atoms with Crippen LogP contribution in [-0.2, 0) is 12.6 Å². The van der Waals surface area contributed by atoms with E-state index >= 15 is 0 Å². The number of allylic oxidation sites excluding steroid dienone is 1. The van der Waals surface area contributed by atoms with Crippen LogP contribution in [0.5, 0.6) is 11.5 Å². The van der Waals surface area contributed by atoms with E-state index < -0.39 is 35.3 Å². The van der Waals surface area contributed by atoms with E-state index in [0.717, 1.165) is 24.3 Å². The first-order chi connectivity index (χ1) is 16.0. The number of fused-ring (bicyclic) bond motifs is 1. The number of benzene rings is 2. The molecule has 4 rings (SSSR count). The average molecular weight is 479 g/mol. The summed E-state index contributed by atoms with van der Waals surface area (Å²) in [5.41, 5.74) is -0.385. The van der Waals surface area contributed by atoms with Crippen molar-refractivity contribution in [2.24, 2.45) is 0 Å². The molecule has 0 saturated carbocycles. The summed E-state index contributed by atoms with van der Waals surface area (Å²) in [6.07, 6.45) is -7.34. The molecule has 176 valence electrons. The number of carbonyl (C=O) groups is 1. The van der Waals surface area contributed by atoms with Crippen molar-refractivity contribution in [3.63, 3.8) is 0 Å². The molecule has 0 bridgehead atoms. The number of carbonyl (C=O) groups excluding carboxylic acids is 1. The second-order valence-electron chi connectivity index (χ2n) is 7.36. The van der Waals surface area contributed by atoms with Gasteiger partial charge in [0.25, 0.3) is 0 Å². The number of para-hydroxylation sites is 1. The Morgan fingerprint density at radius 2 is 1.65 bits per heavy atom. The predicted molar refractivity (Wildman–Crippen MR) is 110 cm³/mol. The SMILES string of the molecule is COc1cc2c(cc1-c1ccccc1OC(F)(F)F)CC(=Cc1ncccc1C(F)(F)F)C2=O. The molecule has 34 heavy (non-hydrogen) atoms. The highest BCUT2D eigenvalue weighted by atomic mass is 19.4. The topological polar surface area (TPSA) is 48.4 Å². The van der Waals surface area contributed by atoms with Crippen LogP contribution in [0.15, 0.2) is 60.3 Å². The third-order valence-electron chi connectivity index (χ3n) is 5.20. The van der Waals surface area contributed by atoms with E-state index in [4.69, 9.17) is 4.74 Å². The minimum Gasteiger partial charge on any atom is -0.496 e. The smallest absolute Gasteiger partial charge is 0.496 e. The molecule has 2 aromatic carbocycles. The lowest BCUT2D eigenvalue weighted by Gasteiger charge is -2.16. The molecule has 1 aliphatic rings. The van der Waals surface area contributed by atoms with E-state index in [2.05, 4.69) is 9.72 Å². The highest BCUT2D eigenvalue weighted by molar-refractivity contribution is 6.16. The summed E-state index contributed by atoms with van der Waals surface area (Å²) >= 11 is 0. The molecule has 1 aliphatic carbocycles.